The lowest BCUT2D eigenvalue weighted by Gasteiger charge is -2.23. The molecule has 0 saturated heterocycles. The number of H-pyrrole nitrogens is 1. The molecule has 5 rings (SSSR count). The minimum absolute atomic E-state index is 0.0313. The van der Waals surface area contributed by atoms with Gasteiger partial charge in [-0.3, -0.25) is 9.59 Å². The number of aryl methyl sites for hydroxylation is 2. The van der Waals surface area contributed by atoms with Crippen LogP contribution >= 0.6 is 0 Å². The third-order valence-electron chi connectivity index (χ3n) is 11.9. The van der Waals surface area contributed by atoms with Gasteiger partial charge in [0.15, 0.2) is 11.0 Å². The molecule has 5 N–H and O–H groups in total. The molecule has 3 aromatic carbocycles. The van der Waals surface area contributed by atoms with Crippen LogP contribution in [-0.4, -0.2) is 31.5 Å². The summed E-state index contributed by atoms with van der Waals surface area (Å²) in [7, 11) is 4.37. The number of para-hydroxylation sites is 6. The predicted molar refractivity (Wildman–Crippen MR) is 259 cm³/mol. The summed E-state index contributed by atoms with van der Waals surface area (Å²) in [6.45, 7) is 25.4. The second-order valence-corrected chi connectivity index (χ2v) is 19.3. The zero-order chi connectivity index (χ0) is 46.0. The van der Waals surface area contributed by atoms with Gasteiger partial charge in [-0.05, 0) is 89.8 Å². The molecule has 0 fully saturated rings. The van der Waals surface area contributed by atoms with Gasteiger partial charge in [-0.1, -0.05) is 143 Å². The Kier molecular flexibility index (Phi) is 20.7. The Morgan fingerprint density at radius 3 is 1.74 bits per heavy atom. The molecule has 0 aliphatic rings. The molecule has 2 heterocycles. The highest BCUT2D eigenvalue weighted by Gasteiger charge is 2.34. The number of carbonyl (C=O) groups excluding carboxylic acids is 1. The first-order chi connectivity index (χ1) is 28.6. The van der Waals surface area contributed by atoms with E-state index in [-0.39, 0.29) is 22.2 Å². The summed E-state index contributed by atoms with van der Waals surface area (Å²) in [4.78, 5) is 30.8. The first-order valence-electron chi connectivity index (χ1n) is 22.9. The van der Waals surface area contributed by atoms with Crippen molar-refractivity contribution in [1.29, 1.82) is 0 Å². The molecular formula is C52H83N6O3+. The Labute approximate surface area is 369 Å². The van der Waals surface area contributed by atoms with Gasteiger partial charge >= 0.3 is 5.97 Å². The number of carboxylic acid groups (broad SMARTS) is 1. The van der Waals surface area contributed by atoms with E-state index in [0.29, 0.717) is 11.4 Å². The fourth-order valence-electron chi connectivity index (χ4n) is 7.49. The molecular weight excluding hydrogens is 757 g/mol. The number of anilines is 2. The van der Waals surface area contributed by atoms with Crippen LogP contribution < -0.4 is 15.6 Å². The summed E-state index contributed by atoms with van der Waals surface area (Å²) in [6, 6.07) is 24.2. The maximum atomic E-state index is 12.1. The molecule has 338 valence electrons. The van der Waals surface area contributed by atoms with Crippen LogP contribution in [0.3, 0.4) is 0 Å². The van der Waals surface area contributed by atoms with Crippen molar-refractivity contribution in [2.75, 3.05) is 11.1 Å². The van der Waals surface area contributed by atoms with Gasteiger partial charge in [-0.2, -0.15) is 0 Å². The van der Waals surface area contributed by atoms with Crippen molar-refractivity contribution in [3.63, 3.8) is 0 Å². The van der Waals surface area contributed by atoms with E-state index >= 15 is 0 Å². The molecule has 0 aliphatic carbocycles. The maximum Gasteiger partial charge on any atom is 0.309 e. The maximum absolute atomic E-state index is 12.1. The third-order valence-corrected chi connectivity index (χ3v) is 11.9. The summed E-state index contributed by atoms with van der Waals surface area (Å²) < 4.78 is 4.70. The number of aliphatic carboxylic acids is 1. The minimum atomic E-state index is -0.694. The van der Waals surface area contributed by atoms with Crippen molar-refractivity contribution in [2.24, 2.45) is 24.9 Å². The number of fused-ring (bicyclic) bond motifs is 2. The Bertz CT molecular complexity index is 2020. The van der Waals surface area contributed by atoms with E-state index in [2.05, 4.69) is 130 Å². The number of aromatic nitrogens is 4. The Balaban J connectivity index is 0.000000286. The minimum Gasteiger partial charge on any atom is -0.481 e. The first kappa shape index (κ1) is 52.5. The highest BCUT2D eigenvalue weighted by atomic mass is 16.4. The number of hydrogen-bond acceptors (Lipinski definition) is 4. The number of nitrogens with two attached hydrogens (primary N) is 1. The first-order valence-corrected chi connectivity index (χ1v) is 22.9. The molecule has 2 aromatic heterocycles. The van der Waals surface area contributed by atoms with Crippen molar-refractivity contribution in [2.45, 2.75) is 171 Å². The number of benzene rings is 3. The highest BCUT2D eigenvalue weighted by Crippen LogP contribution is 2.31. The van der Waals surface area contributed by atoms with Crippen molar-refractivity contribution < 1.29 is 19.3 Å². The Morgan fingerprint density at radius 1 is 0.705 bits per heavy atom. The number of hydrogen-bond donors (Lipinski definition) is 4. The average Bonchev–Trinajstić information content (AvgIpc) is 3.78. The number of imidazole rings is 2. The molecule has 0 atom stereocenters. The molecule has 0 unspecified atom stereocenters. The van der Waals surface area contributed by atoms with Crippen molar-refractivity contribution >= 4 is 45.3 Å². The number of nitrogens with zero attached hydrogens (tertiary/aromatic N) is 3. The molecule has 0 radical (unpaired) electrons. The fraction of sp³-hybridized carbons (Fsp3) is 0.577. The molecule has 5 aromatic rings. The van der Waals surface area contributed by atoms with Crippen LogP contribution in [-0.2, 0) is 34.5 Å². The number of nitrogen functional groups attached to an aromatic ring is 1. The molecule has 61 heavy (non-hydrogen) atoms. The largest absolute Gasteiger partial charge is 0.481 e. The molecule has 9 heteroatoms. The van der Waals surface area contributed by atoms with Gasteiger partial charge in [0.1, 0.15) is 5.82 Å². The highest BCUT2D eigenvalue weighted by molar-refractivity contribution is 5.97. The number of nitrogens with one attached hydrogen (secondary N) is 2. The number of aromatic amines is 1. The van der Waals surface area contributed by atoms with Crippen LogP contribution in [0.4, 0.5) is 11.4 Å². The van der Waals surface area contributed by atoms with Gasteiger partial charge in [0.05, 0.1) is 47.3 Å². The van der Waals surface area contributed by atoms with Crippen LogP contribution in [0.25, 0.3) is 22.1 Å². The molecule has 0 saturated carbocycles. The van der Waals surface area contributed by atoms with E-state index in [1.807, 2.05) is 44.2 Å². The second-order valence-electron chi connectivity index (χ2n) is 19.3. The molecule has 0 bridgehead atoms. The molecule has 9 nitrogen and oxygen atoms in total. The van der Waals surface area contributed by atoms with E-state index in [1.165, 1.54) is 55.4 Å². The van der Waals surface area contributed by atoms with Crippen LogP contribution in [0.1, 0.15) is 172 Å². The average molecular weight is 840 g/mol. The van der Waals surface area contributed by atoms with E-state index in [4.69, 9.17) is 10.8 Å². The van der Waals surface area contributed by atoms with Crippen molar-refractivity contribution in [3.05, 3.63) is 84.4 Å². The van der Waals surface area contributed by atoms with Gasteiger partial charge in [-0.25, -0.2) is 14.1 Å². The monoisotopic (exact) mass is 840 g/mol. The Morgan fingerprint density at radius 2 is 1.20 bits per heavy atom. The lowest BCUT2D eigenvalue weighted by Crippen LogP contribution is -2.40. The topological polar surface area (TPSA) is 130 Å². The Hall–Kier alpha value is -4.66. The molecule has 1 amide bonds. The van der Waals surface area contributed by atoms with Gasteiger partial charge < -0.3 is 21.1 Å². The zero-order valence-electron chi connectivity index (χ0n) is 40.6. The molecule has 0 aliphatic heterocycles. The quantitative estimate of drug-likeness (QED) is 0.0547. The van der Waals surface area contributed by atoms with Crippen molar-refractivity contribution in [3.8, 4) is 0 Å². The predicted octanol–water partition coefficient (Wildman–Crippen LogP) is 13.2. The number of carboxylic acids is 1. The standard InChI is InChI=1S/C16H25N2.C14H22N2O.C14H20N2.C8H16O2/c1-6-7-12-16(2,3)15-17(4)13-10-8-9-11-14(13)18(15)5;1-4-5-10-14(2,3)13(17)16-12-9-7-6-8-11(12)15;1-4-5-10-14(2,3)13-15-11-8-6-7-9-12(11)16-13;1-4-5-6-8(2,3)7(9)10/h8-11H,6-7,12H2,1-5H3;6-9H,4-5,10,15H2,1-3H3,(H,16,17);6-9H,4-5,10H2,1-3H3,(H,15,16);4-6H2,1-3H3,(H,9,10)/q+1;;;. The van der Waals surface area contributed by atoms with Crippen LogP contribution in [0, 0.1) is 10.8 Å². The van der Waals surface area contributed by atoms with Crippen molar-refractivity contribution in [1.82, 2.24) is 14.5 Å². The summed E-state index contributed by atoms with van der Waals surface area (Å²) in [5.74, 6) is 1.86. The fourth-order valence-corrected chi connectivity index (χ4v) is 7.49. The number of rotatable bonds is 17. The third kappa shape index (κ3) is 15.6. The summed E-state index contributed by atoms with van der Waals surface area (Å²) in [5.41, 5.74) is 11.4. The van der Waals surface area contributed by atoms with E-state index < -0.39 is 11.4 Å². The van der Waals surface area contributed by atoms with Gasteiger partial charge in [0, 0.05) is 10.8 Å². The summed E-state index contributed by atoms with van der Waals surface area (Å²) in [6.07, 6.45) is 13.4. The summed E-state index contributed by atoms with van der Waals surface area (Å²) >= 11 is 0. The lowest BCUT2D eigenvalue weighted by atomic mass is 9.86. The number of unbranched alkanes of at least 4 members (excludes halogenated alkanes) is 4. The zero-order valence-corrected chi connectivity index (χ0v) is 40.6. The van der Waals surface area contributed by atoms with Gasteiger partial charge in [0.2, 0.25) is 5.91 Å². The van der Waals surface area contributed by atoms with E-state index in [0.717, 1.165) is 55.4 Å². The SMILES string of the molecule is CCCCC(C)(C)C(=O)Nc1ccccc1N.CCCCC(C)(C)C(=O)O.CCCCC(C)(C)c1n(C)c2ccccc2[n+]1C.CCCCC(C)(C)c1nc2ccccc2[nH]1. The van der Waals surface area contributed by atoms with Crippen LogP contribution in [0.15, 0.2) is 72.8 Å². The van der Waals surface area contributed by atoms with Crippen LogP contribution in [0.5, 0.6) is 0 Å². The summed E-state index contributed by atoms with van der Waals surface area (Å²) in [5, 5.41) is 11.6. The lowest BCUT2D eigenvalue weighted by molar-refractivity contribution is -0.657. The van der Waals surface area contributed by atoms with Crippen LogP contribution in [0.2, 0.25) is 0 Å². The van der Waals surface area contributed by atoms with E-state index in [9.17, 15) is 9.59 Å². The number of amides is 1. The van der Waals surface area contributed by atoms with Gasteiger partial charge in [-0.15, -0.1) is 0 Å². The van der Waals surface area contributed by atoms with E-state index in [1.54, 1.807) is 19.9 Å². The smallest absolute Gasteiger partial charge is 0.309 e. The molecule has 0 spiro atoms. The normalized spacial score (nSPS) is 11.8. The number of carbonyl (C=O) groups is 2. The second kappa shape index (κ2) is 24.1. The van der Waals surface area contributed by atoms with Gasteiger partial charge in [0.25, 0.3) is 5.82 Å².